The summed E-state index contributed by atoms with van der Waals surface area (Å²) in [5, 5.41) is 7.29. The molecule has 3 nitrogen and oxygen atoms in total. The molecule has 0 aliphatic rings. The molecule has 4 heteroatoms. The summed E-state index contributed by atoms with van der Waals surface area (Å²) in [7, 11) is 1.78. The highest BCUT2D eigenvalue weighted by Gasteiger charge is 1.97. The molecule has 2 N–H and O–H groups in total. The molecule has 0 aromatic heterocycles. The molecule has 0 spiro atoms. The second-order valence-electron chi connectivity index (χ2n) is 3.83. The molecule has 0 aliphatic heterocycles. The van der Waals surface area contributed by atoms with Crippen molar-refractivity contribution in [2.45, 2.75) is 26.3 Å². The van der Waals surface area contributed by atoms with Crippen LogP contribution >= 0.6 is 11.6 Å². The Hall–Kier alpha value is -1.22. The van der Waals surface area contributed by atoms with Gasteiger partial charge in [0.2, 0.25) is 0 Å². The average molecular weight is 254 g/mol. The van der Waals surface area contributed by atoms with Crippen LogP contribution in [0.25, 0.3) is 0 Å². The molecule has 0 aliphatic carbocycles. The van der Waals surface area contributed by atoms with E-state index in [1.165, 1.54) is 12.0 Å². The Kier molecular flexibility index (Phi) is 6.48. The summed E-state index contributed by atoms with van der Waals surface area (Å²) in [6.07, 6.45) is 2.34. The molecular weight excluding hydrogens is 234 g/mol. The monoisotopic (exact) mass is 253 g/mol. The number of halogens is 1. The largest absolute Gasteiger partial charge is 0.356 e. The Labute approximate surface area is 108 Å². The van der Waals surface area contributed by atoms with Crippen LogP contribution in [0.3, 0.4) is 0 Å². The van der Waals surface area contributed by atoms with Crippen molar-refractivity contribution >= 4 is 17.6 Å². The van der Waals surface area contributed by atoms with Gasteiger partial charge < -0.3 is 10.6 Å². The van der Waals surface area contributed by atoms with Crippen molar-refractivity contribution < 1.29 is 0 Å². The summed E-state index contributed by atoms with van der Waals surface area (Å²) in [6.45, 7) is 3.88. The van der Waals surface area contributed by atoms with E-state index in [-0.39, 0.29) is 0 Å². The Balaban J connectivity index is 2.35. The van der Waals surface area contributed by atoms with Crippen LogP contribution in [0.5, 0.6) is 0 Å². The van der Waals surface area contributed by atoms with Crippen LogP contribution < -0.4 is 10.6 Å². The van der Waals surface area contributed by atoms with Gasteiger partial charge in [-0.05, 0) is 24.1 Å². The molecule has 94 valence electrons. The van der Waals surface area contributed by atoms with Crippen molar-refractivity contribution in [3.63, 3.8) is 0 Å². The molecule has 0 amide bonds. The van der Waals surface area contributed by atoms with E-state index in [1.807, 2.05) is 24.3 Å². The first-order valence-electron chi connectivity index (χ1n) is 5.95. The molecule has 0 fully saturated rings. The van der Waals surface area contributed by atoms with Gasteiger partial charge in [-0.2, -0.15) is 0 Å². The van der Waals surface area contributed by atoms with Gasteiger partial charge in [0.1, 0.15) is 0 Å². The molecule has 1 rings (SSSR count). The fraction of sp³-hybridized carbons (Fsp3) is 0.462. The van der Waals surface area contributed by atoms with Crippen LogP contribution in [-0.2, 0) is 6.54 Å². The molecule has 1 aromatic carbocycles. The molecule has 0 radical (unpaired) electrons. The number of rotatable bonds is 5. The maximum Gasteiger partial charge on any atom is 0.191 e. The van der Waals surface area contributed by atoms with Gasteiger partial charge in [-0.25, -0.2) is 0 Å². The summed E-state index contributed by atoms with van der Waals surface area (Å²) >= 11 is 5.83. The van der Waals surface area contributed by atoms with Gasteiger partial charge in [0.15, 0.2) is 5.96 Å². The van der Waals surface area contributed by atoms with Crippen LogP contribution in [0.2, 0.25) is 5.02 Å². The zero-order valence-electron chi connectivity index (χ0n) is 10.5. The SMILES string of the molecule is CCCCNC(=NC)NCc1ccc(Cl)cc1. The minimum Gasteiger partial charge on any atom is -0.356 e. The minimum absolute atomic E-state index is 0.753. The normalized spacial score (nSPS) is 11.4. The highest BCUT2D eigenvalue weighted by atomic mass is 35.5. The Morgan fingerprint density at radius 2 is 1.94 bits per heavy atom. The van der Waals surface area contributed by atoms with Crippen molar-refractivity contribution in [1.29, 1.82) is 0 Å². The summed E-state index contributed by atoms with van der Waals surface area (Å²) in [4.78, 5) is 4.16. The Morgan fingerprint density at radius 1 is 1.24 bits per heavy atom. The van der Waals surface area contributed by atoms with E-state index in [1.54, 1.807) is 7.05 Å². The number of nitrogens with zero attached hydrogens (tertiary/aromatic N) is 1. The molecule has 17 heavy (non-hydrogen) atoms. The third kappa shape index (κ3) is 5.59. The first kappa shape index (κ1) is 13.8. The zero-order chi connectivity index (χ0) is 12.5. The molecule has 0 bridgehead atoms. The molecular formula is C13H20ClN3. The first-order valence-corrected chi connectivity index (χ1v) is 6.33. The number of hydrogen-bond acceptors (Lipinski definition) is 1. The molecule has 0 saturated carbocycles. The lowest BCUT2D eigenvalue weighted by Crippen LogP contribution is -2.37. The van der Waals surface area contributed by atoms with Crippen LogP contribution in [-0.4, -0.2) is 19.6 Å². The third-order valence-electron chi connectivity index (χ3n) is 2.42. The number of benzene rings is 1. The van der Waals surface area contributed by atoms with Gasteiger partial charge in [0.05, 0.1) is 0 Å². The van der Waals surface area contributed by atoms with Gasteiger partial charge in [-0.15, -0.1) is 0 Å². The van der Waals surface area contributed by atoms with Crippen molar-refractivity contribution in [3.05, 3.63) is 34.9 Å². The topological polar surface area (TPSA) is 36.4 Å². The van der Waals surface area contributed by atoms with E-state index in [9.17, 15) is 0 Å². The van der Waals surface area contributed by atoms with E-state index < -0.39 is 0 Å². The predicted molar refractivity (Wildman–Crippen MR) is 74.6 cm³/mol. The standard InChI is InChI=1S/C13H20ClN3/c1-3-4-9-16-13(15-2)17-10-11-5-7-12(14)8-6-11/h5-8H,3-4,9-10H2,1-2H3,(H2,15,16,17). The molecule has 1 aromatic rings. The smallest absolute Gasteiger partial charge is 0.191 e. The fourth-order valence-corrected chi connectivity index (χ4v) is 1.52. The second-order valence-corrected chi connectivity index (χ2v) is 4.27. The molecule has 0 heterocycles. The number of aliphatic imine (C=N–C) groups is 1. The first-order chi connectivity index (χ1) is 8.26. The van der Waals surface area contributed by atoms with Gasteiger partial charge in [0.25, 0.3) is 0 Å². The third-order valence-corrected chi connectivity index (χ3v) is 2.67. The van der Waals surface area contributed by atoms with Crippen molar-refractivity contribution in [2.24, 2.45) is 4.99 Å². The zero-order valence-corrected chi connectivity index (χ0v) is 11.2. The summed E-state index contributed by atoms with van der Waals surface area (Å²) in [5.41, 5.74) is 1.19. The predicted octanol–water partition coefficient (Wildman–Crippen LogP) is 2.81. The van der Waals surface area contributed by atoms with Gasteiger partial charge >= 0.3 is 0 Å². The fourth-order valence-electron chi connectivity index (χ4n) is 1.39. The summed E-state index contributed by atoms with van der Waals surface area (Å²) in [6, 6.07) is 7.81. The number of guanidine groups is 1. The van der Waals surface area contributed by atoms with Gasteiger partial charge in [-0.3, -0.25) is 4.99 Å². The van der Waals surface area contributed by atoms with Crippen LogP contribution in [0.15, 0.2) is 29.3 Å². The lowest BCUT2D eigenvalue weighted by molar-refractivity contribution is 0.729. The van der Waals surface area contributed by atoms with E-state index in [0.717, 1.165) is 30.5 Å². The van der Waals surface area contributed by atoms with Crippen LogP contribution in [0, 0.1) is 0 Å². The van der Waals surface area contributed by atoms with Gasteiger partial charge in [0, 0.05) is 25.2 Å². The van der Waals surface area contributed by atoms with E-state index in [4.69, 9.17) is 11.6 Å². The maximum absolute atomic E-state index is 5.83. The minimum atomic E-state index is 0.753. The van der Waals surface area contributed by atoms with E-state index >= 15 is 0 Å². The lowest BCUT2D eigenvalue weighted by Gasteiger charge is -2.11. The number of hydrogen-bond donors (Lipinski definition) is 2. The second kappa shape index (κ2) is 7.96. The number of unbranched alkanes of at least 4 members (excludes halogenated alkanes) is 1. The van der Waals surface area contributed by atoms with Crippen molar-refractivity contribution in [2.75, 3.05) is 13.6 Å². The van der Waals surface area contributed by atoms with E-state index in [2.05, 4.69) is 22.5 Å². The quantitative estimate of drug-likeness (QED) is 0.481. The Morgan fingerprint density at radius 3 is 2.53 bits per heavy atom. The van der Waals surface area contributed by atoms with E-state index in [0.29, 0.717) is 0 Å². The van der Waals surface area contributed by atoms with Crippen molar-refractivity contribution in [3.8, 4) is 0 Å². The summed E-state index contributed by atoms with van der Waals surface area (Å²) < 4.78 is 0. The summed E-state index contributed by atoms with van der Waals surface area (Å²) in [5.74, 6) is 0.841. The van der Waals surface area contributed by atoms with Crippen LogP contribution in [0.1, 0.15) is 25.3 Å². The highest BCUT2D eigenvalue weighted by Crippen LogP contribution is 2.08. The average Bonchev–Trinajstić information content (AvgIpc) is 2.35. The maximum atomic E-state index is 5.83. The Bertz CT molecular complexity index is 346. The molecule has 0 atom stereocenters. The van der Waals surface area contributed by atoms with Crippen molar-refractivity contribution in [1.82, 2.24) is 10.6 Å². The molecule has 0 unspecified atom stereocenters. The van der Waals surface area contributed by atoms with Gasteiger partial charge in [-0.1, -0.05) is 37.1 Å². The number of nitrogens with one attached hydrogen (secondary N) is 2. The lowest BCUT2D eigenvalue weighted by atomic mass is 10.2. The molecule has 0 saturated heterocycles. The highest BCUT2D eigenvalue weighted by molar-refractivity contribution is 6.30. The van der Waals surface area contributed by atoms with Crippen LogP contribution in [0.4, 0.5) is 0 Å².